The highest BCUT2D eigenvalue weighted by Gasteiger charge is 2.10. The zero-order chi connectivity index (χ0) is 13.5. The number of thioether (sulfide) groups is 1. The molecule has 94 valence electrons. The molecule has 0 atom stereocenters. The fourth-order valence-electron chi connectivity index (χ4n) is 1.67. The van der Waals surface area contributed by atoms with Crippen molar-refractivity contribution in [2.24, 2.45) is 0 Å². The van der Waals surface area contributed by atoms with E-state index in [1.165, 1.54) is 0 Å². The molecule has 0 aliphatic carbocycles. The van der Waals surface area contributed by atoms with E-state index >= 15 is 0 Å². The van der Waals surface area contributed by atoms with Crippen molar-refractivity contribution in [2.75, 3.05) is 0 Å². The van der Waals surface area contributed by atoms with Crippen LogP contribution >= 0.6 is 11.8 Å². The van der Waals surface area contributed by atoms with Crippen molar-refractivity contribution in [3.05, 3.63) is 65.7 Å². The largest absolute Gasteiger partial charge is 0.348 e. The third-order valence-electron chi connectivity index (χ3n) is 2.58. The molecule has 2 aromatic carbocycles. The van der Waals surface area contributed by atoms with Crippen LogP contribution in [0.3, 0.4) is 0 Å². The molecular formula is C15H12N2OS. The first-order valence-electron chi connectivity index (χ1n) is 5.78. The Bertz CT molecular complexity index is 605. The Labute approximate surface area is 116 Å². The van der Waals surface area contributed by atoms with Gasteiger partial charge >= 0.3 is 0 Å². The molecule has 0 saturated carbocycles. The van der Waals surface area contributed by atoms with Gasteiger partial charge in [0, 0.05) is 11.4 Å². The van der Waals surface area contributed by atoms with Gasteiger partial charge in [-0.1, -0.05) is 42.5 Å². The van der Waals surface area contributed by atoms with Crippen LogP contribution in [0.1, 0.15) is 15.9 Å². The van der Waals surface area contributed by atoms with Crippen molar-refractivity contribution in [1.82, 2.24) is 5.32 Å². The van der Waals surface area contributed by atoms with Gasteiger partial charge in [-0.05, 0) is 29.5 Å². The predicted molar refractivity (Wildman–Crippen MR) is 75.5 cm³/mol. The monoisotopic (exact) mass is 268 g/mol. The maximum absolute atomic E-state index is 12.1. The van der Waals surface area contributed by atoms with Gasteiger partial charge in [0.15, 0.2) is 0 Å². The summed E-state index contributed by atoms with van der Waals surface area (Å²) in [5.41, 5.74) is 1.58. The molecule has 0 heterocycles. The molecule has 2 rings (SSSR count). The van der Waals surface area contributed by atoms with E-state index in [2.05, 4.69) is 5.32 Å². The molecule has 0 radical (unpaired) electrons. The van der Waals surface area contributed by atoms with E-state index in [1.807, 2.05) is 41.8 Å². The molecule has 4 heteroatoms. The average Bonchev–Trinajstić information content (AvgIpc) is 2.47. The van der Waals surface area contributed by atoms with Crippen molar-refractivity contribution in [1.29, 1.82) is 5.26 Å². The molecule has 0 fully saturated rings. The number of thiocyanates is 1. The van der Waals surface area contributed by atoms with Crippen LogP contribution in [0, 0.1) is 10.7 Å². The van der Waals surface area contributed by atoms with Gasteiger partial charge in [0.05, 0.1) is 5.56 Å². The highest BCUT2D eigenvalue weighted by Crippen LogP contribution is 2.21. The predicted octanol–water partition coefficient (Wildman–Crippen LogP) is 3.19. The Morgan fingerprint density at radius 3 is 2.53 bits per heavy atom. The van der Waals surface area contributed by atoms with Crippen LogP contribution in [0.15, 0.2) is 59.5 Å². The molecule has 1 amide bonds. The molecule has 3 nitrogen and oxygen atoms in total. The second-order valence-corrected chi connectivity index (χ2v) is 4.68. The molecule has 2 aromatic rings. The number of benzene rings is 2. The lowest BCUT2D eigenvalue weighted by Gasteiger charge is -2.07. The molecule has 0 unspecified atom stereocenters. The minimum atomic E-state index is -0.165. The number of nitrogens with one attached hydrogen (secondary N) is 1. The molecule has 19 heavy (non-hydrogen) atoms. The van der Waals surface area contributed by atoms with E-state index in [9.17, 15) is 4.79 Å². The highest BCUT2D eigenvalue weighted by molar-refractivity contribution is 8.03. The molecular weight excluding hydrogens is 256 g/mol. The number of carbonyl (C=O) groups excluding carboxylic acids is 1. The van der Waals surface area contributed by atoms with Gasteiger partial charge in [0.25, 0.3) is 5.91 Å². The van der Waals surface area contributed by atoms with Gasteiger partial charge < -0.3 is 5.32 Å². The van der Waals surface area contributed by atoms with Gasteiger partial charge in [0.1, 0.15) is 5.40 Å². The first kappa shape index (κ1) is 13.2. The summed E-state index contributed by atoms with van der Waals surface area (Å²) in [6.45, 7) is 0.477. The Morgan fingerprint density at radius 2 is 1.79 bits per heavy atom. The van der Waals surface area contributed by atoms with Crippen LogP contribution < -0.4 is 5.32 Å². The van der Waals surface area contributed by atoms with Gasteiger partial charge in [0.2, 0.25) is 0 Å². The van der Waals surface area contributed by atoms with E-state index in [1.54, 1.807) is 18.2 Å². The number of amides is 1. The summed E-state index contributed by atoms with van der Waals surface area (Å²) in [5.74, 6) is -0.165. The number of hydrogen-bond donors (Lipinski definition) is 1. The molecule has 0 bridgehead atoms. The smallest absolute Gasteiger partial charge is 0.252 e. The lowest BCUT2D eigenvalue weighted by molar-refractivity contribution is 0.0948. The second-order valence-electron chi connectivity index (χ2n) is 3.86. The quantitative estimate of drug-likeness (QED) is 0.684. The average molecular weight is 268 g/mol. The lowest BCUT2D eigenvalue weighted by Crippen LogP contribution is -2.23. The van der Waals surface area contributed by atoms with Crippen LogP contribution in [0.4, 0.5) is 0 Å². The summed E-state index contributed by atoms with van der Waals surface area (Å²) in [4.78, 5) is 12.8. The van der Waals surface area contributed by atoms with Crippen molar-refractivity contribution in [3.63, 3.8) is 0 Å². The Balaban J connectivity index is 2.06. The number of rotatable bonds is 4. The molecule has 0 aromatic heterocycles. The van der Waals surface area contributed by atoms with E-state index in [0.29, 0.717) is 17.0 Å². The SMILES string of the molecule is N#CSc1ccccc1C(=O)NCc1ccccc1. The maximum Gasteiger partial charge on any atom is 0.252 e. The van der Waals surface area contributed by atoms with E-state index in [-0.39, 0.29) is 5.91 Å². The zero-order valence-corrected chi connectivity index (χ0v) is 11.0. The Morgan fingerprint density at radius 1 is 1.11 bits per heavy atom. The van der Waals surface area contributed by atoms with Gasteiger partial charge in [-0.15, -0.1) is 0 Å². The summed E-state index contributed by atoms with van der Waals surface area (Å²) in [6.07, 6.45) is 0. The number of hydrogen-bond acceptors (Lipinski definition) is 3. The van der Waals surface area contributed by atoms with Crippen LogP contribution in [0.25, 0.3) is 0 Å². The van der Waals surface area contributed by atoms with E-state index in [4.69, 9.17) is 5.26 Å². The van der Waals surface area contributed by atoms with Crippen molar-refractivity contribution >= 4 is 17.7 Å². The first-order chi connectivity index (χ1) is 9.31. The highest BCUT2D eigenvalue weighted by atomic mass is 32.2. The Kier molecular flexibility index (Phi) is 4.60. The minimum Gasteiger partial charge on any atom is -0.348 e. The summed E-state index contributed by atoms with van der Waals surface area (Å²) in [6, 6.07) is 16.8. The molecule has 0 aliphatic heterocycles. The Hall–Kier alpha value is -2.25. The third-order valence-corrected chi connectivity index (χ3v) is 3.25. The number of nitrogens with zero attached hydrogens (tertiary/aromatic N) is 1. The molecule has 0 spiro atoms. The number of nitriles is 1. The van der Waals surface area contributed by atoms with E-state index in [0.717, 1.165) is 17.3 Å². The molecule has 0 saturated heterocycles. The lowest BCUT2D eigenvalue weighted by atomic mass is 10.2. The van der Waals surface area contributed by atoms with Crippen LogP contribution in [-0.2, 0) is 6.54 Å². The fourth-order valence-corrected chi connectivity index (χ4v) is 2.18. The summed E-state index contributed by atoms with van der Waals surface area (Å²) < 4.78 is 0. The zero-order valence-electron chi connectivity index (χ0n) is 10.2. The second kappa shape index (κ2) is 6.62. The summed E-state index contributed by atoms with van der Waals surface area (Å²) in [7, 11) is 0. The first-order valence-corrected chi connectivity index (χ1v) is 6.60. The fraction of sp³-hybridized carbons (Fsp3) is 0.0667. The van der Waals surface area contributed by atoms with Gasteiger partial charge in [-0.2, -0.15) is 5.26 Å². The minimum absolute atomic E-state index is 0.165. The summed E-state index contributed by atoms with van der Waals surface area (Å²) in [5, 5.41) is 13.6. The van der Waals surface area contributed by atoms with Crippen molar-refractivity contribution in [2.45, 2.75) is 11.4 Å². The summed E-state index contributed by atoms with van der Waals surface area (Å²) >= 11 is 0.997. The van der Waals surface area contributed by atoms with Crippen LogP contribution in [0.5, 0.6) is 0 Å². The standard InChI is InChI=1S/C15H12N2OS/c16-11-19-14-9-5-4-8-13(14)15(18)17-10-12-6-2-1-3-7-12/h1-9H,10H2,(H,17,18). The topological polar surface area (TPSA) is 52.9 Å². The molecule has 0 aliphatic rings. The van der Waals surface area contributed by atoms with E-state index < -0.39 is 0 Å². The van der Waals surface area contributed by atoms with Crippen molar-refractivity contribution in [3.8, 4) is 5.40 Å². The molecule has 1 N–H and O–H groups in total. The van der Waals surface area contributed by atoms with Crippen LogP contribution in [-0.4, -0.2) is 5.91 Å². The van der Waals surface area contributed by atoms with Gasteiger partial charge in [-0.3, -0.25) is 4.79 Å². The van der Waals surface area contributed by atoms with Crippen LogP contribution in [0.2, 0.25) is 0 Å². The maximum atomic E-state index is 12.1. The third kappa shape index (κ3) is 3.60. The number of carbonyl (C=O) groups is 1. The normalized spacial score (nSPS) is 9.63. The van der Waals surface area contributed by atoms with Crippen molar-refractivity contribution < 1.29 is 4.79 Å². The van der Waals surface area contributed by atoms with Gasteiger partial charge in [-0.25, -0.2) is 0 Å².